The Kier molecular flexibility index (Phi) is 24.5. The number of imide groups is 3. The number of hydrogen-bond acceptors (Lipinski definition) is 18. The smallest absolute Gasteiger partial charge is 0.442 e. The highest BCUT2D eigenvalue weighted by Crippen LogP contribution is 2.33. The van der Waals surface area contributed by atoms with E-state index in [1.807, 2.05) is 30.0 Å². The van der Waals surface area contributed by atoms with Crippen LogP contribution in [0.4, 0.5) is 14.4 Å². The minimum Gasteiger partial charge on any atom is -0.442 e. The molecule has 5 atom stereocenters. The van der Waals surface area contributed by atoms with Gasteiger partial charge in [-0.2, -0.15) is 11.8 Å². The van der Waals surface area contributed by atoms with Gasteiger partial charge in [-0.05, 0) is 82.8 Å². The number of amides is 9. The topological polar surface area (TPSA) is 297 Å². The molecule has 24 heteroatoms. The van der Waals surface area contributed by atoms with Crippen LogP contribution in [-0.2, 0) is 67.1 Å². The van der Waals surface area contributed by atoms with Gasteiger partial charge in [0, 0.05) is 82.8 Å². The van der Waals surface area contributed by atoms with E-state index in [9.17, 15) is 57.5 Å². The predicted molar refractivity (Wildman–Crippen MR) is 249 cm³/mol. The fraction of sp³-hybridized carbons (Fsp3) is 0.660. The standard InChI is InChI=1S/C22H35N3O4S.C13H17NO5.2C6H7NO4/c26-16(9-6-7-13-19-20-18(15-30-19)24-21(27)25-20)10-8-14-23-22(28)29-17-11-4-2-1-3-5-12-17;15-11-8-9-12(16)14(11)19-13(17)18-10-6-4-2-1-3-5-7-10;2*1-4(8)11-7-5(9)2-3-6(7)10/h4,11,17-20H,1-3,5-10,12-15H2,(H,23,28)(H2,24,25,27);4,6,10H,1-3,5,7-9H2;2*2-3H2,1H3/b11-4+;6-4+;;. The summed E-state index contributed by atoms with van der Waals surface area (Å²) in [4.78, 5) is 146. The van der Waals surface area contributed by atoms with Gasteiger partial charge in [0.2, 0.25) is 0 Å². The number of allylic oxidation sites excluding steroid dienone is 2. The number of hydroxylamine groups is 6. The maximum atomic E-state index is 12.1. The second-order valence-corrected chi connectivity index (χ2v) is 18.7. The van der Waals surface area contributed by atoms with E-state index in [1.54, 1.807) is 0 Å². The molecule has 0 radical (unpaired) electrons. The average Bonchev–Trinajstić information content (AvgIpc) is 4.10. The minimum atomic E-state index is -1.00. The molecule has 2 aliphatic carbocycles. The zero-order valence-corrected chi connectivity index (χ0v) is 41.2. The summed E-state index contributed by atoms with van der Waals surface area (Å²) in [5, 5.41) is 10.7. The zero-order chi connectivity index (χ0) is 51.7. The monoisotopic (exact) mass is 1020 g/mol. The number of urea groups is 1. The number of nitrogens with zero attached hydrogens (tertiary/aromatic N) is 3. The molecule has 23 nitrogen and oxygen atoms in total. The largest absolute Gasteiger partial charge is 0.534 e. The first-order valence-electron chi connectivity index (χ1n) is 24.3. The molecule has 0 spiro atoms. The van der Waals surface area contributed by atoms with E-state index in [-0.39, 0.29) is 74.6 Å². The van der Waals surface area contributed by atoms with E-state index in [0.717, 1.165) is 90.2 Å². The molecule has 7 aliphatic rings. The highest BCUT2D eigenvalue weighted by Gasteiger charge is 2.42. The van der Waals surface area contributed by atoms with Crippen LogP contribution in [0.1, 0.15) is 155 Å². The molecular formula is C47H66N6O17S. The van der Waals surface area contributed by atoms with Crippen molar-refractivity contribution >= 4 is 83.2 Å². The van der Waals surface area contributed by atoms with Crippen molar-refractivity contribution in [3.05, 3.63) is 24.3 Å². The van der Waals surface area contributed by atoms with E-state index in [4.69, 9.17) is 9.47 Å². The third-order valence-corrected chi connectivity index (χ3v) is 13.1. The Morgan fingerprint density at radius 2 is 1.08 bits per heavy atom. The Balaban J connectivity index is 0.000000227. The second kappa shape index (κ2) is 30.4. The summed E-state index contributed by atoms with van der Waals surface area (Å²) in [5.41, 5.74) is 0. The number of hydrogen-bond donors (Lipinski definition) is 3. The quantitative estimate of drug-likeness (QED) is 0.0678. The molecule has 0 aromatic carbocycles. The summed E-state index contributed by atoms with van der Waals surface area (Å²) < 4.78 is 10.5. The summed E-state index contributed by atoms with van der Waals surface area (Å²) in [6.45, 7) is 2.74. The van der Waals surface area contributed by atoms with E-state index in [2.05, 4.69) is 36.5 Å². The molecule has 5 fully saturated rings. The summed E-state index contributed by atoms with van der Waals surface area (Å²) >= 11 is 1.91. The van der Waals surface area contributed by atoms with Crippen molar-refractivity contribution in [2.24, 2.45) is 0 Å². The number of carbonyl (C=O) groups is 12. The van der Waals surface area contributed by atoms with E-state index < -0.39 is 59.6 Å². The number of unbranched alkanes of at least 4 members (excludes halogenated alkanes) is 1. The Labute approximate surface area is 416 Å². The molecule has 0 saturated carbocycles. The van der Waals surface area contributed by atoms with Gasteiger partial charge in [0.25, 0.3) is 35.4 Å². The minimum absolute atomic E-state index is 0.0517. The number of ketones is 1. The van der Waals surface area contributed by atoms with Crippen LogP contribution in [0.5, 0.6) is 0 Å². The first-order chi connectivity index (χ1) is 34.0. The average molecular weight is 1020 g/mol. The van der Waals surface area contributed by atoms with E-state index in [0.29, 0.717) is 46.2 Å². The highest BCUT2D eigenvalue weighted by atomic mass is 32.2. The fourth-order valence-corrected chi connectivity index (χ4v) is 9.54. The normalized spacial score (nSPS) is 24.6. The summed E-state index contributed by atoms with van der Waals surface area (Å²) in [6, 6.07) is 0.447. The number of rotatable bonds is 14. The van der Waals surface area contributed by atoms with Crippen LogP contribution in [0.25, 0.3) is 0 Å². The Morgan fingerprint density at radius 1 is 0.606 bits per heavy atom. The zero-order valence-electron chi connectivity index (χ0n) is 40.4. The maximum Gasteiger partial charge on any atom is 0.534 e. The van der Waals surface area contributed by atoms with Crippen LogP contribution in [0.3, 0.4) is 0 Å². The van der Waals surface area contributed by atoms with E-state index in [1.165, 1.54) is 12.8 Å². The molecule has 0 aromatic rings. The van der Waals surface area contributed by atoms with Crippen LogP contribution in [0.2, 0.25) is 0 Å². The van der Waals surface area contributed by atoms with Gasteiger partial charge in [0.15, 0.2) is 0 Å². The van der Waals surface area contributed by atoms with Gasteiger partial charge in [0.05, 0.1) is 12.1 Å². The number of ether oxygens (including phenoxy) is 2. The van der Waals surface area contributed by atoms with Gasteiger partial charge in [-0.1, -0.05) is 36.5 Å². The van der Waals surface area contributed by atoms with Gasteiger partial charge >= 0.3 is 30.2 Å². The van der Waals surface area contributed by atoms with Gasteiger partial charge in [-0.3, -0.25) is 38.4 Å². The van der Waals surface area contributed by atoms with Crippen molar-refractivity contribution in [1.82, 2.24) is 31.1 Å². The molecule has 5 saturated heterocycles. The Hall–Kier alpha value is -6.33. The number of thioether (sulfide) groups is 1. The van der Waals surface area contributed by atoms with Gasteiger partial charge < -0.3 is 35.1 Å². The Morgan fingerprint density at radius 3 is 1.59 bits per heavy atom. The van der Waals surface area contributed by atoms with Crippen molar-refractivity contribution < 1.29 is 81.5 Å². The third-order valence-electron chi connectivity index (χ3n) is 11.6. The fourth-order valence-electron chi connectivity index (χ4n) is 8.00. The lowest BCUT2D eigenvalue weighted by molar-refractivity contribution is -0.195. The SMILES string of the molecule is CC(=O)ON1C(=O)CCC1=O.CC(=O)ON1C(=O)CCC1=O.O=C(CCCCC1SCC2NC(=O)NC21)CCCNC(=O)OC1/C=C/CCCCC1.O=C(OC1/C=C/CCCCC1)ON1C(=O)CCC1=O. The number of carbonyl (C=O) groups excluding carboxylic acids is 12. The maximum absolute atomic E-state index is 12.1. The van der Waals surface area contributed by atoms with Gasteiger partial charge in [0.1, 0.15) is 18.0 Å². The van der Waals surface area contributed by atoms with Gasteiger partial charge in [-0.15, -0.1) is 10.1 Å². The summed E-state index contributed by atoms with van der Waals surface area (Å²) in [6.07, 6.45) is 21.7. The molecule has 7 rings (SSSR count). The summed E-state index contributed by atoms with van der Waals surface area (Å²) in [5.74, 6) is -2.92. The molecule has 71 heavy (non-hydrogen) atoms. The lowest BCUT2D eigenvalue weighted by Crippen LogP contribution is -2.36. The molecule has 3 N–H and O–H groups in total. The van der Waals surface area contributed by atoms with Crippen molar-refractivity contribution in [3.63, 3.8) is 0 Å². The predicted octanol–water partition coefficient (Wildman–Crippen LogP) is 5.00. The van der Waals surface area contributed by atoms with Crippen molar-refractivity contribution in [2.75, 3.05) is 12.3 Å². The van der Waals surface area contributed by atoms with Crippen molar-refractivity contribution in [1.29, 1.82) is 0 Å². The van der Waals surface area contributed by atoms with Crippen LogP contribution in [0, 0.1) is 0 Å². The number of nitrogens with one attached hydrogen (secondary N) is 3. The molecule has 0 aromatic heterocycles. The number of Topliss-reactive ketones (excluding diaryl/α,β-unsaturated/α-hetero) is 1. The third kappa shape index (κ3) is 20.9. The molecular weight excluding hydrogens is 953 g/mol. The Bertz CT molecular complexity index is 1920. The summed E-state index contributed by atoms with van der Waals surface area (Å²) in [7, 11) is 0. The van der Waals surface area contributed by atoms with Crippen LogP contribution in [0.15, 0.2) is 24.3 Å². The first-order valence-corrected chi connectivity index (χ1v) is 25.4. The number of alkyl carbamates (subject to hydrolysis) is 1. The van der Waals surface area contributed by atoms with Crippen LogP contribution < -0.4 is 16.0 Å². The van der Waals surface area contributed by atoms with Crippen molar-refractivity contribution in [2.45, 2.75) is 185 Å². The van der Waals surface area contributed by atoms with Crippen molar-refractivity contribution in [3.8, 4) is 0 Å². The molecule has 392 valence electrons. The molecule has 5 heterocycles. The van der Waals surface area contributed by atoms with Gasteiger partial charge in [-0.25, -0.2) is 24.0 Å². The van der Waals surface area contributed by atoms with E-state index >= 15 is 0 Å². The molecule has 5 aliphatic heterocycles. The molecule has 5 unspecified atom stereocenters. The first kappa shape index (κ1) is 57.3. The lowest BCUT2D eigenvalue weighted by Gasteiger charge is -2.17. The lowest BCUT2D eigenvalue weighted by atomic mass is 10.0. The molecule has 9 amide bonds. The number of fused-ring (bicyclic) bond motifs is 1. The second-order valence-electron chi connectivity index (χ2n) is 17.4. The highest BCUT2D eigenvalue weighted by molar-refractivity contribution is 8.00. The van der Waals surface area contributed by atoms with Crippen LogP contribution >= 0.6 is 11.8 Å². The molecule has 0 bridgehead atoms. The van der Waals surface area contributed by atoms with Crippen LogP contribution in [-0.4, -0.2) is 128 Å².